The number of benzene rings is 2. The van der Waals surface area contributed by atoms with Crippen LogP contribution >= 0.6 is 12.4 Å². The molecule has 2 aromatic carbocycles. The predicted molar refractivity (Wildman–Crippen MR) is 110 cm³/mol. The third kappa shape index (κ3) is 5.57. The summed E-state index contributed by atoms with van der Waals surface area (Å²) in [5.74, 6) is 0.553. The number of nitrogens with one attached hydrogen (secondary N) is 1. The van der Waals surface area contributed by atoms with Crippen LogP contribution in [0, 0.1) is 0 Å². The molecular formula is C21H24ClNO4. The Morgan fingerprint density at radius 2 is 1.85 bits per heavy atom. The van der Waals surface area contributed by atoms with E-state index in [1.807, 2.05) is 56.3 Å². The van der Waals surface area contributed by atoms with E-state index < -0.39 is 6.10 Å². The molecule has 1 unspecified atom stereocenters. The van der Waals surface area contributed by atoms with Crippen LogP contribution in [-0.2, 0) is 0 Å². The molecule has 0 amide bonds. The van der Waals surface area contributed by atoms with E-state index in [0.29, 0.717) is 29.5 Å². The van der Waals surface area contributed by atoms with Crippen molar-refractivity contribution in [3.63, 3.8) is 0 Å². The molecule has 3 aromatic rings. The molecule has 1 heterocycles. The third-order valence-electron chi connectivity index (χ3n) is 4.00. The van der Waals surface area contributed by atoms with Crippen molar-refractivity contribution < 1.29 is 14.3 Å². The number of aliphatic hydroxyl groups is 1. The topological polar surface area (TPSA) is 71.7 Å². The second-order valence-electron chi connectivity index (χ2n) is 6.54. The van der Waals surface area contributed by atoms with Crippen molar-refractivity contribution in [3.8, 4) is 16.9 Å². The van der Waals surface area contributed by atoms with Gasteiger partial charge in [-0.2, -0.15) is 0 Å². The Hall–Kier alpha value is -2.34. The molecule has 0 fully saturated rings. The Kier molecular flexibility index (Phi) is 7.42. The summed E-state index contributed by atoms with van der Waals surface area (Å²) in [6, 6.07) is 16.9. The van der Waals surface area contributed by atoms with E-state index in [0.717, 1.165) is 10.9 Å². The van der Waals surface area contributed by atoms with Gasteiger partial charge in [-0.1, -0.05) is 44.2 Å². The van der Waals surface area contributed by atoms with Crippen LogP contribution in [-0.4, -0.2) is 30.4 Å². The monoisotopic (exact) mass is 389 g/mol. The van der Waals surface area contributed by atoms with Crippen molar-refractivity contribution in [1.82, 2.24) is 5.32 Å². The molecule has 1 atom stereocenters. The van der Waals surface area contributed by atoms with Crippen LogP contribution in [0.2, 0.25) is 0 Å². The van der Waals surface area contributed by atoms with Crippen LogP contribution < -0.4 is 15.7 Å². The second kappa shape index (κ2) is 9.55. The molecule has 1 aromatic heterocycles. The van der Waals surface area contributed by atoms with Gasteiger partial charge in [0.1, 0.15) is 24.0 Å². The summed E-state index contributed by atoms with van der Waals surface area (Å²) >= 11 is 0. The number of hydrogen-bond donors (Lipinski definition) is 2. The molecule has 144 valence electrons. The zero-order chi connectivity index (χ0) is 18.5. The predicted octanol–water partition coefficient (Wildman–Crippen LogP) is 3.62. The number of aliphatic hydroxyl groups excluding tert-OH is 1. The normalized spacial score (nSPS) is 12.0. The van der Waals surface area contributed by atoms with E-state index in [9.17, 15) is 9.90 Å². The maximum atomic E-state index is 12.3. The average Bonchev–Trinajstić information content (AvgIpc) is 2.64. The van der Waals surface area contributed by atoms with Gasteiger partial charge in [-0.05, 0) is 23.8 Å². The molecule has 6 heteroatoms. The summed E-state index contributed by atoms with van der Waals surface area (Å²) in [6.45, 7) is 4.66. The Morgan fingerprint density at radius 1 is 1.11 bits per heavy atom. The van der Waals surface area contributed by atoms with Crippen molar-refractivity contribution in [2.24, 2.45) is 0 Å². The molecule has 5 nitrogen and oxygen atoms in total. The molecule has 3 rings (SSSR count). The number of hydrogen-bond acceptors (Lipinski definition) is 5. The number of halogens is 1. The largest absolute Gasteiger partial charge is 0.491 e. The maximum Gasteiger partial charge on any atom is 0.344 e. The first kappa shape index (κ1) is 21.0. The minimum Gasteiger partial charge on any atom is -0.491 e. The van der Waals surface area contributed by atoms with Gasteiger partial charge in [0.05, 0.1) is 5.56 Å². The lowest BCUT2D eigenvalue weighted by Crippen LogP contribution is -2.35. The number of fused-ring (bicyclic) bond motifs is 1. The summed E-state index contributed by atoms with van der Waals surface area (Å²) in [5.41, 5.74) is 1.43. The van der Waals surface area contributed by atoms with Gasteiger partial charge in [0.25, 0.3) is 0 Å². The van der Waals surface area contributed by atoms with Crippen molar-refractivity contribution in [2.75, 3.05) is 13.2 Å². The Bertz CT molecular complexity index is 924. The fraction of sp³-hybridized carbons (Fsp3) is 0.286. The number of ether oxygens (including phenoxy) is 1. The zero-order valence-electron chi connectivity index (χ0n) is 15.3. The van der Waals surface area contributed by atoms with Crippen LogP contribution in [0.15, 0.2) is 63.8 Å². The molecule has 27 heavy (non-hydrogen) atoms. The molecule has 0 radical (unpaired) electrons. The first-order valence-electron chi connectivity index (χ1n) is 8.70. The molecule has 2 N–H and O–H groups in total. The fourth-order valence-electron chi connectivity index (χ4n) is 2.62. The number of rotatable bonds is 7. The van der Waals surface area contributed by atoms with Crippen LogP contribution in [0.5, 0.6) is 5.75 Å². The first-order chi connectivity index (χ1) is 12.5. The lowest BCUT2D eigenvalue weighted by atomic mass is 10.1. The quantitative estimate of drug-likeness (QED) is 0.604. The minimum atomic E-state index is -0.611. The van der Waals surface area contributed by atoms with E-state index in [2.05, 4.69) is 5.32 Å². The van der Waals surface area contributed by atoms with E-state index in [-0.39, 0.29) is 24.6 Å². The molecular weight excluding hydrogens is 366 g/mol. The maximum absolute atomic E-state index is 12.3. The summed E-state index contributed by atoms with van der Waals surface area (Å²) in [4.78, 5) is 12.3. The fourth-order valence-corrected chi connectivity index (χ4v) is 2.62. The molecule has 0 aliphatic heterocycles. The summed E-state index contributed by atoms with van der Waals surface area (Å²) < 4.78 is 11.1. The van der Waals surface area contributed by atoms with Gasteiger partial charge in [0, 0.05) is 24.0 Å². The van der Waals surface area contributed by atoms with Gasteiger partial charge in [0.2, 0.25) is 0 Å². The Balaban J connectivity index is 0.00000261. The standard InChI is InChI=1S/C21H23NO4.ClH/c1-14(2)22-12-17(23)13-25-18-9-8-16-10-19(15-6-4-3-5-7-15)21(24)26-20(16)11-18;/h3-11,14,17,22-23H,12-13H2,1-2H3;1H. The molecule has 0 saturated carbocycles. The van der Waals surface area contributed by atoms with Gasteiger partial charge >= 0.3 is 5.63 Å². The molecule has 0 aliphatic rings. The third-order valence-corrected chi connectivity index (χ3v) is 4.00. The van der Waals surface area contributed by atoms with Gasteiger partial charge in [-0.3, -0.25) is 0 Å². The highest BCUT2D eigenvalue weighted by Gasteiger charge is 2.10. The van der Waals surface area contributed by atoms with E-state index in [1.54, 1.807) is 12.1 Å². The zero-order valence-corrected chi connectivity index (χ0v) is 16.2. The van der Waals surface area contributed by atoms with E-state index >= 15 is 0 Å². The van der Waals surface area contributed by atoms with Crippen LogP contribution in [0.4, 0.5) is 0 Å². The van der Waals surface area contributed by atoms with Gasteiger partial charge in [0.15, 0.2) is 0 Å². The van der Waals surface area contributed by atoms with Gasteiger partial charge in [-0.25, -0.2) is 4.79 Å². The molecule has 0 spiro atoms. The van der Waals surface area contributed by atoms with Crippen molar-refractivity contribution in [1.29, 1.82) is 0 Å². The van der Waals surface area contributed by atoms with Crippen molar-refractivity contribution in [2.45, 2.75) is 26.0 Å². The van der Waals surface area contributed by atoms with E-state index in [1.165, 1.54) is 0 Å². The van der Waals surface area contributed by atoms with Crippen LogP contribution in [0.3, 0.4) is 0 Å². The minimum absolute atomic E-state index is 0. The smallest absolute Gasteiger partial charge is 0.344 e. The van der Waals surface area contributed by atoms with Crippen molar-refractivity contribution in [3.05, 3.63) is 65.0 Å². The highest BCUT2D eigenvalue weighted by molar-refractivity contribution is 5.85. The SMILES string of the molecule is CC(C)NCC(O)COc1ccc2cc(-c3ccccc3)c(=O)oc2c1.Cl. The highest BCUT2D eigenvalue weighted by Crippen LogP contribution is 2.24. The second-order valence-corrected chi connectivity index (χ2v) is 6.54. The van der Waals surface area contributed by atoms with Crippen LogP contribution in [0.1, 0.15) is 13.8 Å². The summed E-state index contributed by atoms with van der Waals surface area (Å²) in [6.07, 6.45) is -0.611. The summed E-state index contributed by atoms with van der Waals surface area (Å²) in [5, 5.41) is 13.9. The van der Waals surface area contributed by atoms with E-state index in [4.69, 9.17) is 9.15 Å². The van der Waals surface area contributed by atoms with Gasteiger partial charge < -0.3 is 19.6 Å². The van der Waals surface area contributed by atoms with Crippen molar-refractivity contribution >= 4 is 23.4 Å². The van der Waals surface area contributed by atoms with Gasteiger partial charge in [-0.15, -0.1) is 12.4 Å². The summed E-state index contributed by atoms with van der Waals surface area (Å²) in [7, 11) is 0. The molecule has 0 bridgehead atoms. The van der Waals surface area contributed by atoms with Crippen LogP contribution in [0.25, 0.3) is 22.1 Å². The highest BCUT2D eigenvalue weighted by atomic mass is 35.5. The lowest BCUT2D eigenvalue weighted by molar-refractivity contribution is 0.104. The molecule has 0 saturated heterocycles. The Morgan fingerprint density at radius 3 is 2.56 bits per heavy atom. The first-order valence-corrected chi connectivity index (χ1v) is 8.70. The molecule has 0 aliphatic carbocycles. The Labute approximate surface area is 164 Å². The average molecular weight is 390 g/mol. The lowest BCUT2D eigenvalue weighted by Gasteiger charge is -2.15.